The molecule has 5 rings (SSSR count). The van der Waals surface area contributed by atoms with Gasteiger partial charge < -0.3 is 9.30 Å². The van der Waals surface area contributed by atoms with E-state index < -0.39 is 0 Å². The summed E-state index contributed by atoms with van der Waals surface area (Å²) in [5.74, 6) is 0.236. The van der Waals surface area contributed by atoms with Crippen molar-refractivity contribution in [3.63, 3.8) is 0 Å². The van der Waals surface area contributed by atoms with Gasteiger partial charge in [0.25, 0.3) is 5.56 Å². The number of pyridine rings is 2. The molecule has 1 radical (unpaired) electrons. The number of para-hydroxylation sites is 1. The van der Waals surface area contributed by atoms with Gasteiger partial charge in [-0.1, -0.05) is 25.1 Å². The monoisotopic (exact) mass is 331 g/mol. The van der Waals surface area contributed by atoms with Gasteiger partial charge in [-0.05, 0) is 30.2 Å². The van der Waals surface area contributed by atoms with E-state index in [2.05, 4.69) is 6.07 Å². The number of cyclic esters (lactones) is 1. The molecule has 123 valence electrons. The topological polar surface area (TPSA) is 61.2 Å². The Balaban J connectivity index is 1.79. The van der Waals surface area contributed by atoms with Crippen molar-refractivity contribution in [3.8, 4) is 11.4 Å². The van der Waals surface area contributed by atoms with E-state index in [1.54, 1.807) is 4.57 Å². The van der Waals surface area contributed by atoms with Gasteiger partial charge in [0.2, 0.25) is 0 Å². The Morgan fingerprint density at radius 1 is 1.20 bits per heavy atom. The first-order valence-corrected chi connectivity index (χ1v) is 8.36. The summed E-state index contributed by atoms with van der Waals surface area (Å²) in [6, 6.07) is 12.0. The predicted octanol–water partition coefficient (Wildman–Crippen LogP) is 2.81. The first-order chi connectivity index (χ1) is 12.2. The highest BCUT2D eigenvalue weighted by Gasteiger charge is 2.34. The van der Waals surface area contributed by atoms with Gasteiger partial charge in [0.1, 0.15) is 12.5 Å². The Hall–Kier alpha value is -2.95. The molecule has 2 aliphatic heterocycles. The lowest BCUT2D eigenvalue weighted by Gasteiger charge is -2.23. The molecule has 0 bridgehead atoms. The van der Waals surface area contributed by atoms with E-state index in [0.29, 0.717) is 24.4 Å². The summed E-state index contributed by atoms with van der Waals surface area (Å²) >= 11 is 0. The van der Waals surface area contributed by atoms with Crippen molar-refractivity contribution in [2.75, 3.05) is 0 Å². The van der Waals surface area contributed by atoms with Gasteiger partial charge >= 0.3 is 5.97 Å². The number of carbonyl (C=O) groups is 1. The van der Waals surface area contributed by atoms with Crippen molar-refractivity contribution in [1.82, 2.24) is 9.55 Å². The number of benzene rings is 1. The molecule has 0 unspecified atom stereocenters. The molecule has 0 spiro atoms. The van der Waals surface area contributed by atoms with Gasteiger partial charge in [0.15, 0.2) is 0 Å². The van der Waals surface area contributed by atoms with Crippen LogP contribution in [0.1, 0.15) is 30.0 Å². The van der Waals surface area contributed by atoms with Crippen molar-refractivity contribution in [1.29, 1.82) is 0 Å². The molecule has 5 heteroatoms. The summed E-state index contributed by atoms with van der Waals surface area (Å²) in [5.41, 5.74) is 4.74. The fourth-order valence-electron chi connectivity index (χ4n) is 3.79. The highest BCUT2D eigenvalue weighted by Crippen LogP contribution is 2.36. The number of nitrogens with zero attached hydrogens (tertiary/aromatic N) is 2. The van der Waals surface area contributed by atoms with E-state index in [9.17, 15) is 9.59 Å². The Kier molecular flexibility index (Phi) is 2.89. The molecule has 3 aromatic rings. The second kappa shape index (κ2) is 5.02. The predicted molar refractivity (Wildman–Crippen MR) is 93.0 cm³/mol. The molecule has 0 atom stereocenters. The maximum Gasteiger partial charge on any atom is 0.318 e. The molecule has 4 heterocycles. The first kappa shape index (κ1) is 14.4. The third-order valence-electron chi connectivity index (χ3n) is 5.05. The number of carbonyl (C=O) groups excluding carboxylic acids is 1. The average molecular weight is 331 g/mol. The third-order valence-corrected chi connectivity index (χ3v) is 5.05. The van der Waals surface area contributed by atoms with Gasteiger partial charge in [0.05, 0.1) is 29.0 Å². The summed E-state index contributed by atoms with van der Waals surface area (Å²) in [5, 5.41) is 1.06. The van der Waals surface area contributed by atoms with Gasteiger partial charge in [-0.2, -0.15) is 0 Å². The standard InChI is InChI=1S/C20H15N2O3/c1-2-13-14-8-17-18-12(7-11-5-3-4-6-16(11)21-18)9-22(17)19(23)15(14)10-25-20(13)24/h3-8H,2,9-10H2,1H3. The van der Waals surface area contributed by atoms with Crippen LogP contribution in [0.5, 0.6) is 0 Å². The minimum absolute atomic E-state index is 0.0442. The van der Waals surface area contributed by atoms with E-state index in [0.717, 1.165) is 33.4 Å². The Labute approximate surface area is 143 Å². The molecule has 2 aromatic heterocycles. The SMILES string of the molecule is CC[C]1C(=O)OCc2c1cc1n(c2=O)Cc2cc3ccccc3nc2-1. The van der Waals surface area contributed by atoms with E-state index in [1.165, 1.54) is 0 Å². The number of rotatable bonds is 1. The fourth-order valence-corrected chi connectivity index (χ4v) is 3.79. The van der Waals surface area contributed by atoms with E-state index >= 15 is 0 Å². The number of hydrogen-bond donors (Lipinski definition) is 0. The molecular formula is C20H15N2O3. The van der Waals surface area contributed by atoms with Crippen LogP contribution in [0.2, 0.25) is 0 Å². The summed E-state index contributed by atoms with van der Waals surface area (Å²) in [7, 11) is 0. The quantitative estimate of drug-likeness (QED) is 0.503. The number of ether oxygens (including phenoxy) is 1. The minimum atomic E-state index is -0.330. The van der Waals surface area contributed by atoms with Crippen LogP contribution in [0.3, 0.4) is 0 Å². The normalized spacial score (nSPS) is 15.6. The Bertz CT molecular complexity index is 1110. The smallest absolute Gasteiger partial charge is 0.318 e. The van der Waals surface area contributed by atoms with Crippen LogP contribution in [0.15, 0.2) is 41.2 Å². The third kappa shape index (κ3) is 1.92. The molecule has 0 aliphatic carbocycles. The maximum absolute atomic E-state index is 13.0. The minimum Gasteiger partial charge on any atom is -0.460 e. The molecule has 0 saturated heterocycles. The number of aromatic nitrogens is 2. The number of hydrogen-bond acceptors (Lipinski definition) is 4. The van der Waals surface area contributed by atoms with E-state index in [-0.39, 0.29) is 18.1 Å². The molecule has 1 aromatic carbocycles. The summed E-state index contributed by atoms with van der Waals surface area (Å²) in [4.78, 5) is 29.8. The first-order valence-electron chi connectivity index (χ1n) is 8.36. The zero-order valence-corrected chi connectivity index (χ0v) is 13.7. The largest absolute Gasteiger partial charge is 0.460 e. The number of fused-ring (bicyclic) bond motifs is 5. The van der Waals surface area contributed by atoms with Crippen LogP contribution in [0, 0.1) is 5.92 Å². The molecule has 0 saturated carbocycles. The lowest BCUT2D eigenvalue weighted by Crippen LogP contribution is -2.32. The molecule has 25 heavy (non-hydrogen) atoms. The van der Waals surface area contributed by atoms with Crippen LogP contribution in [0.25, 0.3) is 22.3 Å². The molecule has 0 N–H and O–H groups in total. The van der Waals surface area contributed by atoms with Crippen molar-refractivity contribution in [2.45, 2.75) is 26.5 Å². The number of esters is 1. The van der Waals surface area contributed by atoms with Gasteiger partial charge in [-0.3, -0.25) is 9.59 Å². The van der Waals surface area contributed by atoms with Crippen molar-refractivity contribution < 1.29 is 9.53 Å². The van der Waals surface area contributed by atoms with Gasteiger partial charge in [-0.15, -0.1) is 0 Å². The highest BCUT2D eigenvalue weighted by molar-refractivity contribution is 5.92. The van der Waals surface area contributed by atoms with Crippen molar-refractivity contribution in [3.05, 3.63) is 69.4 Å². The fraction of sp³-hybridized carbons (Fsp3) is 0.200. The molecule has 2 aliphatic rings. The van der Waals surface area contributed by atoms with Crippen molar-refractivity contribution in [2.24, 2.45) is 0 Å². The van der Waals surface area contributed by atoms with E-state index in [1.807, 2.05) is 37.3 Å². The van der Waals surface area contributed by atoms with Crippen LogP contribution >= 0.6 is 0 Å². The lowest BCUT2D eigenvalue weighted by atomic mass is 9.90. The highest BCUT2D eigenvalue weighted by atomic mass is 16.5. The summed E-state index contributed by atoms with van der Waals surface area (Å²) in [6.45, 7) is 2.45. The molecule has 0 fully saturated rings. The zero-order valence-electron chi connectivity index (χ0n) is 13.7. The van der Waals surface area contributed by atoms with Gasteiger partial charge in [-0.25, -0.2) is 4.98 Å². The zero-order chi connectivity index (χ0) is 17.1. The van der Waals surface area contributed by atoms with Gasteiger partial charge in [0, 0.05) is 10.9 Å². The summed E-state index contributed by atoms with van der Waals surface area (Å²) < 4.78 is 6.92. The Morgan fingerprint density at radius 2 is 2.04 bits per heavy atom. The van der Waals surface area contributed by atoms with Crippen LogP contribution < -0.4 is 5.56 Å². The van der Waals surface area contributed by atoms with Crippen LogP contribution in [-0.2, 0) is 22.7 Å². The van der Waals surface area contributed by atoms with Crippen LogP contribution in [-0.4, -0.2) is 15.5 Å². The average Bonchev–Trinajstić information content (AvgIpc) is 2.98. The molecule has 5 nitrogen and oxygen atoms in total. The van der Waals surface area contributed by atoms with E-state index in [4.69, 9.17) is 9.72 Å². The van der Waals surface area contributed by atoms with Crippen molar-refractivity contribution >= 4 is 16.9 Å². The van der Waals surface area contributed by atoms with Crippen LogP contribution in [0.4, 0.5) is 0 Å². The Morgan fingerprint density at radius 3 is 2.88 bits per heavy atom. The second-order valence-electron chi connectivity index (χ2n) is 6.41. The molecule has 0 amide bonds. The summed E-state index contributed by atoms with van der Waals surface area (Å²) in [6.07, 6.45) is 0.534. The molecular weight excluding hydrogens is 316 g/mol. The lowest BCUT2D eigenvalue weighted by molar-refractivity contribution is -0.143. The maximum atomic E-state index is 13.0. The second-order valence-corrected chi connectivity index (χ2v) is 6.41.